The van der Waals surface area contributed by atoms with Crippen molar-refractivity contribution < 1.29 is 23.7 Å². The largest absolute Gasteiger partial charge is 0.493 e. The quantitative estimate of drug-likeness (QED) is 0.283. The minimum Gasteiger partial charge on any atom is -0.493 e. The van der Waals surface area contributed by atoms with E-state index in [2.05, 4.69) is 63.8 Å². The molecule has 2 aromatic rings. The van der Waals surface area contributed by atoms with Gasteiger partial charge in [0.25, 0.3) is 0 Å². The molecule has 3 rings (SSSR count). The molecule has 2 aromatic carbocycles. The third-order valence-corrected chi connectivity index (χ3v) is 6.78. The number of fused-ring (bicyclic) bond motifs is 1. The molecule has 0 saturated heterocycles. The number of benzene rings is 2. The molecule has 0 fully saturated rings. The third kappa shape index (κ3) is 7.31. The van der Waals surface area contributed by atoms with Gasteiger partial charge in [0.1, 0.15) is 0 Å². The van der Waals surface area contributed by atoms with Gasteiger partial charge in [-0.15, -0.1) is 0 Å². The number of hydrogen-bond donors (Lipinski definition) is 0. The van der Waals surface area contributed by atoms with Gasteiger partial charge in [0.15, 0.2) is 23.0 Å². The molecule has 0 radical (unpaired) electrons. The van der Waals surface area contributed by atoms with Gasteiger partial charge in [-0.1, -0.05) is 19.9 Å². The van der Waals surface area contributed by atoms with Gasteiger partial charge in [0.2, 0.25) is 0 Å². The van der Waals surface area contributed by atoms with E-state index in [1.807, 2.05) is 12.4 Å². The standard InChI is InChI=1S/C30H44N2O5/c1-20(2)24(18-37-30(3,4)5)31-19-32-13-12-22-16-28(35-8)29(36-9)17-23(22)25(32)14-21-10-11-26(33-6)27(15-21)34-7/h10-11,15-17,19-20,24-25H,12-14,18H2,1-9H3/t24-,25+/m1/s1. The van der Waals surface area contributed by atoms with Gasteiger partial charge >= 0.3 is 0 Å². The van der Waals surface area contributed by atoms with Crippen molar-refractivity contribution in [2.24, 2.45) is 10.9 Å². The molecule has 1 aliphatic rings. The van der Waals surface area contributed by atoms with Crippen LogP contribution in [0, 0.1) is 5.92 Å². The number of aliphatic imine (C=N–C) groups is 1. The van der Waals surface area contributed by atoms with Crippen LogP contribution in [0.3, 0.4) is 0 Å². The van der Waals surface area contributed by atoms with Crippen molar-refractivity contribution in [3.8, 4) is 23.0 Å². The van der Waals surface area contributed by atoms with E-state index in [-0.39, 0.29) is 17.7 Å². The summed E-state index contributed by atoms with van der Waals surface area (Å²) >= 11 is 0. The van der Waals surface area contributed by atoms with Crippen LogP contribution in [0.15, 0.2) is 35.3 Å². The molecule has 204 valence electrons. The first kappa shape index (κ1) is 28.6. The lowest BCUT2D eigenvalue weighted by molar-refractivity contribution is -0.0145. The van der Waals surface area contributed by atoms with E-state index in [0.29, 0.717) is 12.5 Å². The molecule has 1 heterocycles. The minimum atomic E-state index is -0.196. The van der Waals surface area contributed by atoms with E-state index in [4.69, 9.17) is 28.7 Å². The molecule has 0 amide bonds. The predicted molar refractivity (Wildman–Crippen MR) is 149 cm³/mol. The van der Waals surface area contributed by atoms with Crippen LogP contribution < -0.4 is 18.9 Å². The van der Waals surface area contributed by atoms with Gasteiger partial charge in [-0.2, -0.15) is 0 Å². The Hall–Kier alpha value is -2.93. The van der Waals surface area contributed by atoms with Gasteiger partial charge in [-0.25, -0.2) is 0 Å². The van der Waals surface area contributed by atoms with Crippen molar-refractivity contribution in [2.45, 2.75) is 65.1 Å². The minimum absolute atomic E-state index is 0.0711. The highest BCUT2D eigenvalue weighted by Crippen LogP contribution is 2.40. The van der Waals surface area contributed by atoms with E-state index in [1.54, 1.807) is 28.4 Å². The Morgan fingerprint density at radius 1 is 0.919 bits per heavy atom. The Balaban J connectivity index is 1.98. The maximum Gasteiger partial charge on any atom is 0.161 e. The summed E-state index contributed by atoms with van der Waals surface area (Å²) in [5.74, 6) is 3.30. The van der Waals surface area contributed by atoms with E-state index in [1.165, 1.54) is 11.1 Å². The molecule has 0 aromatic heterocycles. The van der Waals surface area contributed by atoms with E-state index in [9.17, 15) is 0 Å². The van der Waals surface area contributed by atoms with Crippen molar-refractivity contribution in [3.63, 3.8) is 0 Å². The monoisotopic (exact) mass is 512 g/mol. The molecule has 0 aliphatic carbocycles. The average Bonchev–Trinajstić information content (AvgIpc) is 2.87. The smallest absolute Gasteiger partial charge is 0.161 e. The fraction of sp³-hybridized carbons (Fsp3) is 0.567. The van der Waals surface area contributed by atoms with Crippen molar-refractivity contribution in [2.75, 3.05) is 41.6 Å². The fourth-order valence-corrected chi connectivity index (χ4v) is 4.56. The second-order valence-electron chi connectivity index (χ2n) is 10.8. The molecule has 1 aliphatic heterocycles. The van der Waals surface area contributed by atoms with Gasteiger partial charge < -0.3 is 28.6 Å². The van der Waals surface area contributed by atoms with Crippen molar-refractivity contribution in [1.82, 2.24) is 4.90 Å². The lowest BCUT2D eigenvalue weighted by Gasteiger charge is -2.37. The summed E-state index contributed by atoms with van der Waals surface area (Å²) in [5, 5.41) is 0. The zero-order valence-electron chi connectivity index (χ0n) is 24.0. The number of nitrogens with zero attached hydrogens (tertiary/aromatic N) is 2. The van der Waals surface area contributed by atoms with Gasteiger partial charge in [-0.05, 0) is 80.5 Å². The van der Waals surface area contributed by atoms with Crippen molar-refractivity contribution in [3.05, 3.63) is 47.0 Å². The molecule has 7 heteroatoms. The van der Waals surface area contributed by atoms with Crippen molar-refractivity contribution >= 4 is 6.34 Å². The van der Waals surface area contributed by atoms with Gasteiger partial charge in [-0.3, -0.25) is 4.99 Å². The summed E-state index contributed by atoms with van der Waals surface area (Å²) < 4.78 is 28.4. The Morgan fingerprint density at radius 2 is 1.54 bits per heavy atom. The fourth-order valence-electron chi connectivity index (χ4n) is 4.56. The average molecular weight is 513 g/mol. The number of hydrogen-bond acceptors (Lipinski definition) is 6. The molecule has 0 spiro atoms. The Kier molecular flexibility index (Phi) is 9.71. The van der Waals surface area contributed by atoms with Crippen molar-refractivity contribution in [1.29, 1.82) is 0 Å². The summed E-state index contributed by atoms with van der Waals surface area (Å²) in [7, 11) is 6.68. The topological polar surface area (TPSA) is 61.8 Å². The van der Waals surface area contributed by atoms with Crippen LogP contribution in [0.25, 0.3) is 0 Å². The van der Waals surface area contributed by atoms with E-state index >= 15 is 0 Å². The summed E-state index contributed by atoms with van der Waals surface area (Å²) in [6, 6.07) is 10.5. The molecule has 2 atom stereocenters. The zero-order valence-corrected chi connectivity index (χ0v) is 24.0. The van der Waals surface area contributed by atoms with Gasteiger partial charge in [0, 0.05) is 6.54 Å². The maximum atomic E-state index is 6.09. The summed E-state index contributed by atoms with van der Waals surface area (Å²) in [5.41, 5.74) is 3.44. The first-order chi connectivity index (χ1) is 17.6. The van der Waals surface area contributed by atoms with Gasteiger partial charge in [0.05, 0.1) is 59.1 Å². The zero-order chi connectivity index (χ0) is 27.2. The number of rotatable bonds is 11. The Labute approximate surface area is 222 Å². The summed E-state index contributed by atoms with van der Waals surface area (Å²) in [6.45, 7) is 12.1. The van der Waals surface area contributed by atoms with Crippen LogP contribution in [-0.2, 0) is 17.6 Å². The highest BCUT2D eigenvalue weighted by molar-refractivity contribution is 5.60. The molecule has 0 N–H and O–H groups in total. The second-order valence-corrected chi connectivity index (χ2v) is 10.8. The third-order valence-electron chi connectivity index (χ3n) is 6.78. The maximum absolute atomic E-state index is 6.09. The second kappa shape index (κ2) is 12.5. The van der Waals surface area contributed by atoms with Crippen LogP contribution in [0.1, 0.15) is 57.4 Å². The number of methoxy groups -OCH3 is 4. The molecule has 0 saturated carbocycles. The highest BCUT2D eigenvalue weighted by Gasteiger charge is 2.29. The molecule has 37 heavy (non-hydrogen) atoms. The lowest BCUT2D eigenvalue weighted by atomic mass is 9.88. The Bertz CT molecular complexity index is 1060. The van der Waals surface area contributed by atoms with Crippen LogP contribution in [0.4, 0.5) is 0 Å². The van der Waals surface area contributed by atoms with Crippen LogP contribution in [0.2, 0.25) is 0 Å². The highest BCUT2D eigenvalue weighted by atomic mass is 16.5. The lowest BCUT2D eigenvalue weighted by Crippen LogP contribution is -2.37. The van der Waals surface area contributed by atoms with Crippen LogP contribution in [0.5, 0.6) is 23.0 Å². The molecular formula is C30H44N2O5. The Morgan fingerprint density at radius 3 is 2.14 bits per heavy atom. The van der Waals surface area contributed by atoms with Crippen LogP contribution >= 0.6 is 0 Å². The first-order valence-electron chi connectivity index (χ1n) is 13.0. The SMILES string of the molecule is COc1ccc(C[C@H]2c3cc(OC)c(OC)cc3CCN2C=N[C@H](COC(C)(C)C)C(C)C)cc1OC. The normalized spacial score (nSPS) is 16.6. The van der Waals surface area contributed by atoms with E-state index < -0.39 is 0 Å². The predicted octanol–water partition coefficient (Wildman–Crippen LogP) is 5.73. The number of ether oxygens (including phenoxy) is 5. The molecular weight excluding hydrogens is 468 g/mol. The molecule has 0 unspecified atom stereocenters. The van der Waals surface area contributed by atoms with Crippen LogP contribution in [-0.4, -0.2) is 64.5 Å². The summed E-state index contributed by atoms with van der Waals surface area (Å²) in [4.78, 5) is 7.37. The molecule has 7 nitrogen and oxygen atoms in total. The van der Waals surface area contributed by atoms with E-state index in [0.717, 1.165) is 47.9 Å². The molecule has 0 bridgehead atoms. The first-order valence-corrected chi connectivity index (χ1v) is 13.0. The summed E-state index contributed by atoms with van der Waals surface area (Å²) in [6.07, 6.45) is 3.70.